The molecule has 0 spiro atoms. The van der Waals surface area contributed by atoms with Gasteiger partial charge in [0.25, 0.3) is 0 Å². The van der Waals surface area contributed by atoms with Gasteiger partial charge < -0.3 is 10.4 Å². The maximum atomic E-state index is 13.1. The van der Waals surface area contributed by atoms with E-state index >= 15 is 0 Å². The highest BCUT2D eigenvalue weighted by molar-refractivity contribution is 5.99. The predicted molar refractivity (Wildman–Crippen MR) is 124 cm³/mol. The molecule has 1 amide bonds. The van der Waals surface area contributed by atoms with E-state index in [4.69, 9.17) is 0 Å². The summed E-state index contributed by atoms with van der Waals surface area (Å²) in [5, 5.41) is 21.9. The number of carbonyl (C=O) groups excluding carboxylic acids is 1. The van der Waals surface area contributed by atoms with Crippen molar-refractivity contribution < 1.29 is 9.90 Å². The first-order valence-corrected chi connectivity index (χ1v) is 10.8. The van der Waals surface area contributed by atoms with E-state index in [9.17, 15) is 9.90 Å². The van der Waals surface area contributed by atoms with Gasteiger partial charge in [-0.1, -0.05) is 30.3 Å². The van der Waals surface area contributed by atoms with Crippen LogP contribution in [0.5, 0.6) is 0 Å². The topological polar surface area (TPSA) is 94.1 Å². The maximum absolute atomic E-state index is 13.1. The molecule has 2 atom stereocenters. The van der Waals surface area contributed by atoms with Crippen LogP contribution in [-0.4, -0.2) is 50.3 Å². The molecule has 4 aromatic rings. The quantitative estimate of drug-likeness (QED) is 0.454. The number of aliphatic hydroxyl groups excluding tert-OH is 1. The van der Waals surface area contributed by atoms with Gasteiger partial charge in [0.2, 0.25) is 5.91 Å². The first kappa shape index (κ1) is 20.4. The molecule has 1 aliphatic rings. The molecule has 3 N–H and O–H groups in total. The van der Waals surface area contributed by atoms with Crippen molar-refractivity contribution in [2.24, 2.45) is 5.92 Å². The third kappa shape index (κ3) is 4.26. The summed E-state index contributed by atoms with van der Waals surface area (Å²) in [6.45, 7) is 2.07. The Morgan fingerprint density at radius 1 is 1.12 bits per heavy atom. The summed E-state index contributed by atoms with van der Waals surface area (Å²) in [7, 11) is 0. The molecule has 1 fully saturated rings. The van der Waals surface area contributed by atoms with E-state index in [2.05, 4.69) is 37.5 Å². The second-order valence-corrected chi connectivity index (χ2v) is 8.24. The number of pyridine rings is 1. The van der Waals surface area contributed by atoms with Gasteiger partial charge in [0, 0.05) is 48.7 Å². The van der Waals surface area contributed by atoms with Crippen LogP contribution in [0, 0.1) is 5.92 Å². The third-order valence-corrected chi connectivity index (χ3v) is 6.03. The summed E-state index contributed by atoms with van der Waals surface area (Å²) >= 11 is 0. The molecule has 1 aliphatic heterocycles. The zero-order valence-corrected chi connectivity index (χ0v) is 17.6. The normalized spacial score (nSPS) is 19.2. The number of aromatic amines is 1. The number of fused-ring (bicyclic) bond motifs is 1. The zero-order chi connectivity index (χ0) is 21.9. The Labute approximate surface area is 186 Å². The highest BCUT2D eigenvalue weighted by atomic mass is 16.3. The van der Waals surface area contributed by atoms with Crippen molar-refractivity contribution in [1.82, 2.24) is 20.1 Å². The van der Waals surface area contributed by atoms with Crippen molar-refractivity contribution in [1.29, 1.82) is 0 Å². The number of nitrogens with zero attached hydrogens (tertiary/aromatic N) is 3. The predicted octanol–water partition coefficient (Wildman–Crippen LogP) is 3.45. The average molecular weight is 428 g/mol. The van der Waals surface area contributed by atoms with E-state index in [1.807, 2.05) is 48.5 Å². The van der Waals surface area contributed by atoms with Crippen LogP contribution in [0.2, 0.25) is 0 Å². The minimum atomic E-state index is -0.646. The molecule has 2 aromatic heterocycles. The highest BCUT2D eigenvalue weighted by Crippen LogP contribution is 2.29. The Morgan fingerprint density at radius 3 is 2.75 bits per heavy atom. The number of anilines is 1. The molecular weight excluding hydrogens is 402 g/mol. The standard InChI is InChI=1S/C25H25N5O2/c31-23-10-13-30(15-17-4-2-1-3-5-17)16-21(23)25(32)27-19-6-7-22-20(14-19)24(29-28-22)18-8-11-26-12-9-18/h1-9,11-12,14,21,23,31H,10,13,15-16H2,(H,27,32)(H,28,29). The summed E-state index contributed by atoms with van der Waals surface area (Å²) in [6, 6.07) is 19.7. The number of likely N-dealkylation sites (tertiary alicyclic amines) is 1. The Hall–Kier alpha value is -3.55. The van der Waals surface area contributed by atoms with Gasteiger partial charge in [-0.15, -0.1) is 0 Å². The highest BCUT2D eigenvalue weighted by Gasteiger charge is 2.33. The van der Waals surface area contributed by atoms with Gasteiger partial charge in [0.05, 0.1) is 17.5 Å². The van der Waals surface area contributed by atoms with Gasteiger partial charge in [-0.3, -0.25) is 19.8 Å². The van der Waals surface area contributed by atoms with Crippen LogP contribution in [0.15, 0.2) is 73.1 Å². The minimum Gasteiger partial charge on any atom is -0.392 e. The van der Waals surface area contributed by atoms with E-state index in [0.29, 0.717) is 18.7 Å². The molecule has 32 heavy (non-hydrogen) atoms. The van der Waals surface area contributed by atoms with Gasteiger partial charge in [-0.25, -0.2) is 0 Å². The summed E-state index contributed by atoms with van der Waals surface area (Å²) in [4.78, 5) is 19.4. The Kier molecular flexibility index (Phi) is 5.66. The summed E-state index contributed by atoms with van der Waals surface area (Å²) in [5.41, 5.74) is 4.55. The summed E-state index contributed by atoms with van der Waals surface area (Å²) in [5.74, 6) is -0.643. The smallest absolute Gasteiger partial charge is 0.231 e. The van der Waals surface area contributed by atoms with Crippen LogP contribution in [0.4, 0.5) is 5.69 Å². The number of H-pyrrole nitrogens is 1. The number of aromatic nitrogens is 3. The second-order valence-electron chi connectivity index (χ2n) is 8.24. The number of amides is 1. The number of nitrogens with one attached hydrogen (secondary N) is 2. The fourth-order valence-electron chi connectivity index (χ4n) is 4.31. The number of piperidine rings is 1. The molecule has 3 heterocycles. The van der Waals surface area contributed by atoms with Gasteiger partial charge in [0.1, 0.15) is 5.69 Å². The number of aliphatic hydroxyl groups is 1. The molecular formula is C25H25N5O2. The Balaban J connectivity index is 1.32. The van der Waals surface area contributed by atoms with Crippen LogP contribution in [0.1, 0.15) is 12.0 Å². The van der Waals surface area contributed by atoms with Crippen LogP contribution in [-0.2, 0) is 11.3 Å². The molecule has 7 nitrogen and oxygen atoms in total. The molecule has 2 unspecified atom stereocenters. The van der Waals surface area contributed by atoms with Crippen LogP contribution < -0.4 is 5.32 Å². The van der Waals surface area contributed by atoms with Gasteiger partial charge in [-0.2, -0.15) is 5.10 Å². The first-order valence-electron chi connectivity index (χ1n) is 10.8. The van der Waals surface area contributed by atoms with Crippen molar-refractivity contribution in [2.45, 2.75) is 19.1 Å². The molecule has 5 rings (SSSR count). The van der Waals surface area contributed by atoms with Crippen LogP contribution >= 0.6 is 0 Å². The van der Waals surface area contributed by atoms with Gasteiger partial charge in [-0.05, 0) is 42.3 Å². The molecule has 2 aromatic carbocycles. The monoisotopic (exact) mass is 427 g/mol. The van der Waals surface area contributed by atoms with E-state index in [0.717, 1.165) is 35.2 Å². The fraction of sp³-hybridized carbons (Fsp3) is 0.240. The Morgan fingerprint density at radius 2 is 1.94 bits per heavy atom. The van der Waals surface area contributed by atoms with E-state index in [1.165, 1.54) is 5.56 Å². The molecule has 1 saturated heterocycles. The van der Waals surface area contributed by atoms with Gasteiger partial charge >= 0.3 is 0 Å². The zero-order valence-electron chi connectivity index (χ0n) is 17.6. The lowest BCUT2D eigenvalue weighted by Crippen LogP contribution is -2.47. The molecule has 0 aliphatic carbocycles. The lowest BCUT2D eigenvalue weighted by atomic mass is 9.93. The number of hydrogen-bond acceptors (Lipinski definition) is 5. The lowest BCUT2D eigenvalue weighted by Gasteiger charge is -2.35. The first-order chi connectivity index (χ1) is 15.7. The molecule has 0 saturated carbocycles. The number of rotatable bonds is 5. The fourth-order valence-corrected chi connectivity index (χ4v) is 4.31. The molecule has 0 radical (unpaired) electrons. The van der Waals surface area contributed by atoms with Crippen molar-refractivity contribution in [3.63, 3.8) is 0 Å². The number of benzene rings is 2. The Bertz CT molecular complexity index is 1210. The summed E-state index contributed by atoms with van der Waals surface area (Å²) in [6.07, 6.45) is 3.39. The van der Waals surface area contributed by atoms with Gasteiger partial charge in [0.15, 0.2) is 0 Å². The number of hydrogen-bond donors (Lipinski definition) is 3. The van der Waals surface area contributed by atoms with Crippen molar-refractivity contribution >= 4 is 22.5 Å². The van der Waals surface area contributed by atoms with Crippen molar-refractivity contribution in [3.8, 4) is 11.3 Å². The average Bonchev–Trinajstić information content (AvgIpc) is 3.25. The third-order valence-electron chi connectivity index (χ3n) is 6.03. The minimum absolute atomic E-state index is 0.163. The van der Waals surface area contributed by atoms with E-state index < -0.39 is 12.0 Å². The van der Waals surface area contributed by atoms with Crippen LogP contribution in [0.3, 0.4) is 0 Å². The summed E-state index contributed by atoms with van der Waals surface area (Å²) < 4.78 is 0. The van der Waals surface area contributed by atoms with E-state index in [-0.39, 0.29) is 5.91 Å². The SMILES string of the molecule is O=C(Nc1ccc2[nH]nc(-c3ccncc3)c2c1)C1CN(Cc2ccccc2)CCC1O. The largest absolute Gasteiger partial charge is 0.392 e. The van der Waals surface area contributed by atoms with Crippen molar-refractivity contribution in [3.05, 3.63) is 78.6 Å². The lowest BCUT2D eigenvalue weighted by molar-refractivity contribution is -0.126. The van der Waals surface area contributed by atoms with Crippen molar-refractivity contribution in [2.75, 3.05) is 18.4 Å². The maximum Gasteiger partial charge on any atom is 0.231 e. The molecule has 162 valence electrons. The molecule has 0 bridgehead atoms. The van der Waals surface area contributed by atoms with E-state index in [1.54, 1.807) is 12.4 Å². The number of carbonyl (C=O) groups is 1. The second kappa shape index (κ2) is 8.90. The molecule has 7 heteroatoms. The van der Waals surface area contributed by atoms with Crippen LogP contribution in [0.25, 0.3) is 22.2 Å².